The van der Waals surface area contributed by atoms with Gasteiger partial charge in [-0.1, -0.05) is 30.3 Å². The molecular formula is C15H19N5. The zero-order chi connectivity index (χ0) is 13.9. The molecule has 1 unspecified atom stereocenters. The third-order valence-electron chi connectivity index (χ3n) is 3.70. The average Bonchev–Trinajstić information content (AvgIpc) is 2.48. The number of likely N-dealkylation sites (N-methyl/N-ethyl adjacent to an activating group) is 1. The van der Waals surface area contributed by atoms with E-state index in [4.69, 9.17) is 5.73 Å². The van der Waals surface area contributed by atoms with Crippen LogP contribution in [0.25, 0.3) is 0 Å². The van der Waals surface area contributed by atoms with Crippen molar-refractivity contribution in [2.24, 2.45) is 0 Å². The fourth-order valence-electron chi connectivity index (χ4n) is 2.66. The van der Waals surface area contributed by atoms with Crippen molar-refractivity contribution in [2.75, 3.05) is 37.3 Å². The standard InChI is InChI=1S/C15H19N5/c1-19-7-8-20(15-10-17-9-14(16)18-15)13(11-19)12-5-3-2-4-6-12/h2-6,9-10,13H,7-8,11H2,1H3,(H2,16,18). The van der Waals surface area contributed by atoms with E-state index in [1.54, 1.807) is 12.4 Å². The predicted molar refractivity (Wildman–Crippen MR) is 80.5 cm³/mol. The summed E-state index contributed by atoms with van der Waals surface area (Å²) >= 11 is 0. The lowest BCUT2D eigenvalue weighted by Crippen LogP contribution is -2.47. The molecule has 20 heavy (non-hydrogen) atoms. The van der Waals surface area contributed by atoms with Crippen molar-refractivity contribution >= 4 is 11.6 Å². The molecule has 0 spiro atoms. The van der Waals surface area contributed by atoms with Gasteiger partial charge in [0.05, 0.1) is 18.4 Å². The van der Waals surface area contributed by atoms with Gasteiger partial charge < -0.3 is 15.5 Å². The van der Waals surface area contributed by atoms with Gasteiger partial charge in [-0.05, 0) is 12.6 Å². The molecule has 1 aliphatic heterocycles. The van der Waals surface area contributed by atoms with E-state index in [0.717, 1.165) is 25.5 Å². The molecule has 2 heterocycles. The molecule has 1 atom stereocenters. The molecule has 5 heteroatoms. The number of nitrogens with two attached hydrogens (primary N) is 1. The normalized spacial score (nSPS) is 20.1. The summed E-state index contributed by atoms with van der Waals surface area (Å²) in [6.45, 7) is 2.91. The number of anilines is 2. The minimum Gasteiger partial charge on any atom is -0.382 e. The number of rotatable bonds is 2. The first-order valence-corrected chi connectivity index (χ1v) is 6.81. The second-order valence-electron chi connectivity index (χ2n) is 5.18. The quantitative estimate of drug-likeness (QED) is 0.896. The molecule has 2 aromatic rings. The molecule has 2 N–H and O–H groups in total. The van der Waals surface area contributed by atoms with Gasteiger partial charge in [-0.3, -0.25) is 4.98 Å². The largest absolute Gasteiger partial charge is 0.382 e. The van der Waals surface area contributed by atoms with Crippen LogP contribution in [0.4, 0.5) is 11.6 Å². The summed E-state index contributed by atoms with van der Waals surface area (Å²) < 4.78 is 0. The summed E-state index contributed by atoms with van der Waals surface area (Å²) in [6.07, 6.45) is 3.37. The summed E-state index contributed by atoms with van der Waals surface area (Å²) in [4.78, 5) is 13.2. The van der Waals surface area contributed by atoms with Crippen LogP contribution >= 0.6 is 0 Å². The van der Waals surface area contributed by atoms with Crippen molar-refractivity contribution in [2.45, 2.75) is 6.04 Å². The maximum atomic E-state index is 5.77. The van der Waals surface area contributed by atoms with Crippen LogP contribution < -0.4 is 10.6 Å². The van der Waals surface area contributed by atoms with E-state index < -0.39 is 0 Å². The van der Waals surface area contributed by atoms with Crippen molar-refractivity contribution in [1.82, 2.24) is 14.9 Å². The molecule has 1 saturated heterocycles. The van der Waals surface area contributed by atoms with Crippen LogP contribution in [-0.4, -0.2) is 41.5 Å². The average molecular weight is 269 g/mol. The van der Waals surface area contributed by atoms with Crippen LogP contribution in [0.5, 0.6) is 0 Å². The van der Waals surface area contributed by atoms with Crippen LogP contribution in [0, 0.1) is 0 Å². The molecule has 3 rings (SSSR count). The number of nitrogen functional groups attached to an aromatic ring is 1. The highest BCUT2D eigenvalue weighted by molar-refractivity contribution is 5.45. The maximum Gasteiger partial charge on any atom is 0.150 e. The number of hydrogen-bond donors (Lipinski definition) is 1. The van der Waals surface area contributed by atoms with Gasteiger partial charge in [0.1, 0.15) is 11.6 Å². The van der Waals surface area contributed by atoms with Crippen molar-refractivity contribution in [1.29, 1.82) is 0 Å². The molecule has 0 saturated carbocycles. The number of hydrogen-bond acceptors (Lipinski definition) is 5. The van der Waals surface area contributed by atoms with Gasteiger partial charge >= 0.3 is 0 Å². The van der Waals surface area contributed by atoms with Crippen LogP contribution in [0.2, 0.25) is 0 Å². The molecule has 1 aromatic heterocycles. The summed E-state index contributed by atoms with van der Waals surface area (Å²) in [7, 11) is 2.15. The summed E-state index contributed by atoms with van der Waals surface area (Å²) in [6, 6.07) is 10.8. The number of piperazine rings is 1. The van der Waals surface area contributed by atoms with Crippen LogP contribution in [0.15, 0.2) is 42.7 Å². The van der Waals surface area contributed by atoms with Gasteiger partial charge in [-0.2, -0.15) is 0 Å². The van der Waals surface area contributed by atoms with E-state index in [2.05, 4.69) is 51.1 Å². The van der Waals surface area contributed by atoms with Crippen LogP contribution in [0.3, 0.4) is 0 Å². The Morgan fingerprint density at radius 2 is 1.95 bits per heavy atom. The molecular weight excluding hydrogens is 250 g/mol. The first-order chi connectivity index (χ1) is 9.74. The highest BCUT2D eigenvalue weighted by Crippen LogP contribution is 2.28. The summed E-state index contributed by atoms with van der Waals surface area (Å²) in [5.41, 5.74) is 7.06. The highest BCUT2D eigenvalue weighted by Gasteiger charge is 2.27. The minimum absolute atomic E-state index is 0.283. The van der Waals surface area contributed by atoms with E-state index in [1.807, 2.05) is 6.07 Å². The van der Waals surface area contributed by atoms with Crippen molar-refractivity contribution in [3.05, 3.63) is 48.3 Å². The van der Waals surface area contributed by atoms with Crippen LogP contribution in [0.1, 0.15) is 11.6 Å². The lowest BCUT2D eigenvalue weighted by molar-refractivity contribution is 0.268. The monoisotopic (exact) mass is 269 g/mol. The lowest BCUT2D eigenvalue weighted by Gasteiger charge is -2.41. The maximum absolute atomic E-state index is 5.77. The first-order valence-electron chi connectivity index (χ1n) is 6.81. The molecule has 0 amide bonds. The first kappa shape index (κ1) is 12.9. The topological polar surface area (TPSA) is 58.3 Å². The van der Waals surface area contributed by atoms with Crippen molar-refractivity contribution in [3.63, 3.8) is 0 Å². The van der Waals surface area contributed by atoms with Crippen molar-refractivity contribution < 1.29 is 0 Å². The third-order valence-corrected chi connectivity index (χ3v) is 3.70. The molecule has 1 aromatic carbocycles. The van der Waals surface area contributed by atoms with Gasteiger partial charge in [-0.15, -0.1) is 0 Å². The third kappa shape index (κ3) is 2.58. The van der Waals surface area contributed by atoms with Crippen LogP contribution in [-0.2, 0) is 0 Å². The zero-order valence-electron chi connectivity index (χ0n) is 11.6. The smallest absolute Gasteiger partial charge is 0.150 e. The molecule has 0 radical (unpaired) electrons. The Hall–Kier alpha value is -2.14. The highest BCUT2D eigenvalue weighted by atomic mass is 15.3. The Balaban J connectivity index is 1.95. The van der Waals surface area contributed by atoms with E-state index >= 15 is 0 Å². The van der Waals surface area contributed by atoms with Gasteiger partial charge in [0.15, 0.2) is 0 Å². The van der Waals surface area contributed by atoms with Gasteiger partial charge in [-0.25, -0.2) is 4.98 Å². The zero-order valence-corrected chi connectivity index (χ0v) is 11.6. The van der Waals surface area contributed by atoms with E-state index in [9.17, 15) is 0 Å². The Morgan fingerprint density at radius 1 is 1.15 bits per heavy atom. The number of benzene rings is 1. The fraction of sp³-hybridized carbons (Fsp3) is 0.333. The molecule has 5 nitrogen and oxygen atoms in total. The van der Waals surface area contributed by atoms with Gasteiger partial charge in [0.2, 0.25) is 0 Å². The van der Waals surface area contributed by atoms with E-state index in [-0.39, 0.29) is 6.04 Å². The Morgan fingerprint density at radius 3 is 2.70 bits per heavy atom. The minimum atomic E-state index is 0.283. The molecule has 104 valence electrons. The second-order valence-corrected chi connectivity index (χ2v) is 5.18. The Bertz CT molecular complexity index is 571. The number of aromatic nitrogens is 2. The SMILES string of the molecule is CN1CCN(c2cncc(N)n2)C(c2ccccc2)C1. The second kappa shape index (κ2) is 5.46. The van der Waals surface area contributed by atoms with E-state index in [1.165, 1.54) is 5.56 Å². The Kier molecular flexibility index (Phi) is 3.52. The molecule has 0 bridgehead atoms. The van der Waals surface area contributed by atoms with Gasteiger partial charge in [0, 0.05) is 19.6 Å². The molecule has 1 fully saturated rings. The predicted octanol–water partition coefficient (Wildman–Crippen LogP) is 1.55. The summed E-state index contributed by atoms with van der Waals surface area (Å²) in [5.74, 6) is 1.32. The molecule has 0 aliphatic carbocycles. The van der Waals surface area contributed by atoms with Crippen molar-refractivity contribution in [3.8, 4) is 0 Å². The molecule has 1 aliphatic rings. The lowest BCUT2D eigenvalue weighted by atomic mass is 10.0. The van der Waals surface area contributed by atoms with E-state index in [0.29, 0.717) is 5.82 Å². The fourth-order valence-corrected chi connectivity index (χ4v) is 2.66. The van der Waals surface area contributed by atoms with Gasteiger partial charge in [0.25, 0.3) is 0 Å². The Labute approximate surface area is 119 Å². The summed E-state index contributed by atoms with van der Waals surface area (Å²) in [5, 5.41) is 0. The number of nitrogens with zero attached hydrogens (tertiary/aromatic N) is 4.